The first-order valence-corrected chi connectivity index (χ1v) is 7.69. The summed E-state index contributed by atoms with van der Waals surface area (Å²) in [4.78, 5) is 10.6. The first-order valence-electron chi connectivity index (χ1n) is 7.31. The third-order valence-electron chi connectivity index (χ3n) is 6.12. The summed E-state index contributed by atoms with van der Waals surface area (Å²) in [5, 5.41) is 21.5. The molecule has 0 aromatic rings. The Bertz CT molecular complexity index is 560. The van der Waals surface area contributed by atoms with Crippen LogP contribution in [0.15, 0.2) is 12.2 Å². The summed E-state index contributed by atoms with van der Waals surface area (Å²) in [6, 6.07) is 0. The van der Waals surface area contributed by atoms with E-state index < -0.39 is 46.3 Å². The standard InChI is InChI=1S/C15H19ClO5/c1-6-7-4-5-13(2,19)15(16)9(8(7)20-12(6)18)14(3)11(21-14)10(15)17/h7-11,17,19H,1,4-5H2,2-3H3/t7-,8-,9-,10+,11-,13+,14+,15+/m0/s1. The van der Waals surface area contributed by atoms with Crippen LogP contribution in [-0.2, 0) is 14.3 Å². The Morgan fingerprint density at radius 1 is 1.43 bits per heavy atom. The molecule has 0 bridgehead atoms. The van der Waals surface area contributed by atoms with E-state index in [1.165, 1.54) is 0 Å². The summed E-state index contributed by atoms with van der Waals surface area (Å²) in [5.41, 5.74) is -1.50. The molecule has 0 spiro atoms. The fourth-order valence-electron chi connectivity index (χ4n) is 4.81. The molecule has 0 unspecified atom stereocenters. The Morgan fingerprint density at radius 3 is 2.76 bits per heavy atom. The first-order chi connectivity index (χ1) is 9.64. The second-order valence-electron chi connectivity index (χ2n) is 7.23. The van der Waals surface area contributed by atoms with Crippen molar-refractivity contribution in [2.24, 2.45) is 11.8 Å². The van der Waals surface area contributed by atoms with E-state index in [9.17, 15) is 15.0 Å². The van der Waals surface area contributed by atoms with Crippen LogP contribution in [0.3, 0.4) is 0 Å². The van der Waals surface area contributed by atoms with Crippen molar-refractivity contribution in [3.05, 3.63) is 12.2 Å². The highest BCUT2D eigenvalue weighted by Crippen LogP contribution is 2.68. The lowest BCUT2D eigenvalue weighted by molar-refractivity contribution is -0.147. The highest BCUT2D eigenvalue weighted by Gasteiger charge is 2.83. The van der Waals surface area contributed by atoms with Crippen molar-refractivity contribution in [2.75, 3.05) is 0 Å². The molecule has 5 nitrogen and oxygen atoms in total. The zero-order chi connectivity index (χ0) is 15.4. The molecule has 2 N–H and O–H groups in total. The van der Waals surface area contributed by atoms with Gasteiger partial charge in [-0.3, -0.25) is 0 Å². The van der Waals surface area contributed by atoms with Crippen molar-refractivity contribution in [1.29, 1.82) is 0 Å². The lowest BCUT2D eigenvalue weighted by Crippen LogP contribution is -2.61. The molecule has 4 aliphatic rings. The molecule has 2 aliphatic heterocycles. The molecule has 2 aliphatic carbocycles. The van der Waals surface area contributed by atoms with E-state index in [1.54, 1.807) is 6.92 Å². The molecule has 4 rings (SSSR count). The van der Waals surface area contributed by atoms with Crippen LogP contribution in [0.1, 0.15) is 26.7 Å². The molecular formula is C15H19ClO5. The largest absolute Gasteiger partial charge is 0.458 e. The van der Waals surface area contributed by atoms with Gasteiger partial charge in [-0.15, -0.1) is 11.6 Å². The maximum atomic E-state index is 11.9. The van der Waals surface area contributed by atoms with Crippen LogP contribution < -0.4 is 0 Å². The van der Waals surface area contributed by atoms with E-state index >= 15 is 0 Å². The molecule has 0 amide bonds. The van der Waals surface area contributed by atoms with Gasteiger partial charge in [-0.1, -0.05) is 6.58 Å². The van der Waals surface area contributed by atoms with Gasteiger partial charge in [0.1, 0.15) is 28.8 Å². The second kappa shape index (κ2) is 3.65. The number of aliphatic hydroxyl groups excluding tert-OH is 1. The van der Waals surface area contributed by atoms with E-state index in [-0.39, 0.29) is 5.92 Å². The van der Waals surface area contributed by atoms with E-state index in [0.717, 1.165) is 0 Å². The van der Waals surface area contributed by atoms with E-state index in [2.05, 4.69) is 6.58 Å². The number of ether oxygens (including phenoxy) is 2. The molecule has 116 valence electrons. The fraction of sp³-hybridized carbons (Fsp3) is 0.800. The van der Waals surface area contributed by atoms with Crippen LogP contribution in [0, 0.1) is 11.8 Å². The van der Waals surface area contributed by atoms with Gasteiger partial charge >= 0.3 is 5.97 Å². The predicted molar refractivity (Wildman–Crippen MR) is 73.7 cm³/mol. The third kappa shape index (κ3) is 1.37. The zero-order valence-electron chi connectivity index (χ0n) is 12.0. The van der Waals surface area contributed by atoms with Gasteiger partial charge in [0, 0.05) is 11.5 Å². The van der Waals surface area contributed by atoms with Crippen LogP contribution in [0.25, 0.3) is 0 Å². The average molecular weight is 315 g/mol. The molecule has 8 atom stereocenters. The zero-order valence-corrected chi connectivity index (χ0v) is 12.8. The van der Waals surface area contributed by atoms with Gasteiger partial charge in [-0.2, -0.15) is 0 Å². The molecule has 21 heavy (non-hydrogen) atoms. The number of epoxide rings is 1. The average Bonchev–Trinajstić information content (AvgIpc) is 2.96. The van der Waals surface area contributed by atoms with Crippen molar-refractivity contribution >= 4 is 17.6 Å². The SMILES string of the molecule is C=C1C(=O)O[C@H]2[C@H]1CC[C@@](C)(O)[C@]1(Cl)[C@H](O)[C@@H]3O[C@]3(C)[C@H]21. The molecule has 0 aromatic carbocycles. The number of fused-ring (bicyclic) bond motifs is 5. The van der Waals surface area contributed by atoms with Gasteiger partial charge in [-0.25, -0.2) is 4.79 Å². The van der Waals surface area contributed by atoms with Crippen molar-refractivity contribution in [2.45, 2.75) is 61.1 Å². The summed E-state index contributed by atoms with van der Waals surface area (Å²) < 4.78 is 11.2. The number of esters is 1. The van der Waals surface area contributed by atoms with Crippen molar-refractivity contribution in [3.63, 3.8) is 0 Å². The Labute approximate surface area is 127 Å². The summed E-state index contributed by atoms with van der Waals surface area (Å²) in [7, 11) is 0. The molecule has 2 heterocycles. The number of hydrogen-bond acceptors (Lipinski definition) is 5. The number of alkyl halides is 1. The Hall–Kier alpha value is -0.620. The van der Waals surface area contributed by atoms with Crippen molar-refractivity contribution in [3.8, 4) is 0 Å². The molecule has 0 radical (unpaired) electrons. The summed E-state index contributed by atoms with van der Waals surface area (Å²) in [5.74, 6) is -1.05. The number of carbonyl (C=O) groups excluding carboxylic acids is 1. The van der Waals surface area contributed by atoms with E-state index in [1.807, 2.05) is 6.92 Å². The van der Waals surface area contributed by atoms with Gasteiger partial charge in [0.25, 0.3) is 0 Å². The van der Waals surface area contributed by atoms with Crippen LogP contribution in [0.2, 0.25) is 0 Å². The van der Waals surface area contributed by atoms with Gasteiger partial charge in [0.2, 0.25) is 0 Å². The molecule has 0 aromatic heterocycles. The smallest absolute Gasteiger partial charge is 0.334 e. The van der Waals surface area contributed by atoms with E-state index in [0.29, 0.717) is 18.4 Å². The lowest BCUT2D eigenvalue weighted by Gasteiger charge is -2.45. The van der Waals surface area contributed by atoms with Crippen LogP contribution in [0.4, 0.5) is 0 Å². The Morgan fingerprint density at radius 2 is 2.10 bits per heavy atom. The highest BCUT2D eigenvalue weighted by atomic mass is 35.5. The first kappa shape index (κ1) is 14.0. The topological polar surface area (TPSA) is 79.3 Å². The molecule has 6 heteroatoms. The Balaban J connectivity index is 1.87. The van der Waals surface area contributed by atoms with Gasteiger partial charge in [0.05, 0.1) is 11.5 Å². The van der Waals surface area contributed by atoms with Gasteiger partial charge < -0.3 is 19.7 Å². The minimum absolute atomic E-state index is 0.179. The van der Waals surface area contributed by atoms with Crippen molar-refractivity contribution in [1.82, 2.24) is 0 Å². The normalized spacial score (nSPS) is 61.7. The Kier molecular flexibility index (Phi) is 2.43. The lowest BCUT2D eigenvalue weighted by atomic mass is 9.73. The number of rotatable bonds is 0. The number of carbonyl (C=O) groups is 1. The quantitative estimate of drug-likeness (QED) is 0.299. The van der Waals surface area contributed by atoms with Gasteiger partial charge in [0.15, 0.2) is 0 Å². The minimum atomic E-state index is -1.28. The molecule has 2 saturated carbocycles. The summed E-state index contributed by atoms with van der Waals surface area (Å²) in [6.45, 7) is 7.34. The third-order valence-corrected chi connectivity index (χ3v) is 6.99. The number of hydrogen-bond donors (Lipinski definition) is 2. The monoisotopic (exact) mass is 314 g/mol. The number of aliphatic hydroxyl groups is 2. The molecule has 2 saturated heterocycles. The van der Waals surface area contributed by atoms with E-state index in [4.69, 9.17) is 21.1 Å². The molecule has 4 fully saturated rings. The minimum Gasteiger partial charge on any atom is -0.458 e. The predicted octanol–water partition coefficient (Wildman–Crippen LogP) is 0.755. The maximum Gasteiger partial charge on any atom is 0.334 e. The van der Waals surface area contributed by atoms with Crippen LogP contribution >= 0.6 is 11.6 Å². The maximum absolute atomic E-state index is 11.9. The highest BCUT2D eigenvalue weighted by molar-refractivity contribution is 6.26. The number of halogens is 1. The van der Waals surface area contributed by atoms with Crippen LogP contribution in [-0.4, -0.2) is 50.6 Å². The second-order valence-corrected chi connectivity index (χ2v) is 7.85. The summed E-state index contributed by atoms with van der Waals surface area (Å²) in [6.07, 6.45) is -0.971. The van der Waals surface area contributed by atoms with Crippen LogP contribution in [0.5, 0.6) is 0 Å². The molecular weight excluding hydrogens is 296 g/mol. The van der Waals surface area contributed by atoms with Crippen molar-refractivity contribution < 1.29 is 24.5 Å². The fourth-order valence-corrected chi connectivity index (χ4v) is 5.36. The summed E-state index contributed by atoms with van der Waals surface area (Å²) >= 11 is 6.80. The van der Waals surface area contributed by atoms with Gasteiger partial charge in [-0.05, 0) is 26.7 Å².